The van der Waals surface area contributed by atoms with Gasteiger partial charge in [-0.3, -0.25) is 0 Å². The van der Waals surface area contributed by atoms with E-state index in [1.54, 1.807) is 12.3 Å². The van der Waals surface area contributed by atoms with Crippen molar-refractivity contribution in [2.75, 3.05) is 6.54 Å². The van der Waals surface area contributed by atoms with Gasteiger partial charge in [0.15, 0.2) is 0 Å². The molecule has 2 nitrogen and oxygen atoms in total. The lowest BCUT2D eigenvalue weighted by Crippen LogP contribution is -2.21. The topological polar surface area (TPSA) is 25.2 Å². The van der Waals surface area contributed by atoms with Crippen LogP contribution in [0.3, 0.4) is 0 Å². The van der Waals surface area contributed by atoms with E-state index in [0.717, 1.165) is 24.3 Å². The predicted molar refractivity (Wildman–Crippen MR) is 70.0 cm³/mol. The highest BCUT2D eigenvalue weighted by Crippen LogP contribution is 2.13. The van der Waals surface area contributed by atoms with Crippen LogP contribution in [0.25, 0.3) is 0 Å². The Hall–Kier alpha value is -1.61. The van der Waals surface area contributed by atoms with Crippen LogP contribution in [0.15, 0.2) is 41.0 Å². The largest absolute Gasteiger partial charge is 0.468 e. The number of rotatable bonds is 5. The second-order valence-electron chi connectivity index (χ2n) is 4.51. The summed E-state index contributed by atoms with van der Waals surface area (Å²) in [6, 6.07) is 8.98. The summed E-state index contributed by atoms with van der Waals surface area (Å²) in [5.41, 5.74) is 2.18. The van der Waals surface area contributed by atoms with Crippen LogP contribution in [-0.2, 0) is 6.42 Å². The van der Waals surface area contributed by atoms with Gasteiger partial charge in [-0.25, -0.2) is 4.39 Å². The van der Waals surface area contributed by atoms with Gasteiger partial charge in [-0.1, -0.05) is 6.07 Å². The molecule has 18 heavy (non-hydrogen) atoms. The third-order valence-electron chi connectivity index (χ3n) is 3.12. The van der Waals surface area contributed by atoms with Crippen LogP contribution in [0.2, 0.25) is 0 Å². The van der Waals surface area contributed by atoms with E-state index < -0.39 is 0 Å². The van der Waals surface area contributed by atoms with Crippen LogP contribution < -0.4 is 5.32 Å². The van der Waals surface area contributed by atoms with Gasteiger partial charge in [-0.15, -0.1) is 0 Å². The highest BCUT2D eigenvalue weighted by atomic mass is 19.1. The van der Waals surface area contributed by atoms with E-state index in [0.29, 0.717) is 0 Å². The Kier molecular flexibility index (Phi) is 4.15. The molecule has 0 saturated heterocycles. The molecule has 0 spiro atoms. The lowest BCUT2D eigenvalue weighted by molar-refractivity contribution is 0.432. The first-order chi connectivity index (χ1) is 8.66. The van der Waals surface area contributed by atoms with Crippen molar-refractivity contribution < 1.29 is 8.81 Å². The van der Waals surface area contributed by atoms with E-state index in [1.165, 1.54) is 11.6 Å². The molecule has 2 aromatic rings. The first-order valence-corrected chi connectivity index (χ1v) is 6.18. The van der Waals surface area contributed by atoms with Crippen LogP contribution in [0.5, 0.6) is 0 Å². The summed E-state index contributed by atoms with van der Waals surface area (Å²) in [5, 5.41) is 3.39. The number of furan rings is 1. The molecule has 0 aliphatic carbocycles. The Morgan fingerprint density at radius 2 is 2.17 bits per heavy atom. The van der Waals surface area contributed by atoms with Gasteiger partial charge in [0, 0.05) is 0 Å². The van der Waals surface area contributed by atoms with Crippen LogP contribution in [0.4, 0.5) is 4.39 Å². The summed E-state index contributed by atoms with van der Waals surface area (Å²) in [4.78, 5) is 0. The van der Waals surface area contributed by atoms with Gasteiger partial charge in [0.05, 0.1) is 12.3 Å². The van der Waals surface area contributed by atoms with Crippen molar-refractivity contribution in [1.29, 1.82) is 0 Å². The standard InChI is InChI=1S/C15H18FNO/c1-11-10-14(16)6-5-13(11)7-8-17-12(2)15-4-3-9-18-15/h3-6,9-10,12,17H,7-8H2,1-2H3. The zero-order valence-corrected chi connectivity index (χ0v) is 10.7. The third kappa shape index (κ3) is 3.20. The Morgan fingerprint density at radius 1 is 1.33 bits per heavy atom. The second kappa shape index (κ2) is 5.83. The molecule has 0 amide bonds. The molecule has 0 radical (unpaired) electrons. The summed E-state index contributed by atoms with van der Waals surface area (Å²) in [6.45, 7) is 4.85. The van der Waals surface area contributed by atoms with Crippen LogP contribution in [0.1, 0.15) is 29.9 Å². The summed E-state index contributed by atoms with van der Waals surface area (Å²) in [5.74, 6) is 0.763. The van der Waals surface area contributed by atoms with Crippen LogP contribution >= 0.6 is 0 Å². The number of hydrogen-bond donors (Lipinski definition) is 1. The van der Waals surface area contributed by atoms with E-state index in [-0.39, 0.29) is 11.9 Å². The molecule has 0 saturated carbocycles. The van der Waals surface area contributed by atoms with Crippen molar-refractivity contribution in [3.05, 3.63) is 59.3 Å². The van der Waals surface area contributed by atoms with Gasteiger partial charge in [-0.05, 0) is 62.2 Å². The molecule has 0 aliphatic heterocycles. The molecule has 1 atom stereocenters. The summed E-state index contributed by atoms with van der Waals surface area (Å²) in [6.07, 6.45) is 2.56. The van der Waals surface area contributed by atoms with E-state index in [2.05, 4.69) is 12.2 Å². The Morgan fingerprint density at radius 3 is 2.83 bits per heavy atom. The summed E-state index contributed by atoms with van der Waals surface area (Å²) in [7, 11) is 0. The van der Waals surface area contributed by atoms with Crippen molar-refractivity contribution >= 4 is 0 Å². The maximum Gasteiger partial charge on any atom is 0.123 e. The minimum atomic E-state index is -0.173. The second-order valence-corrected chi connectivity index (χ2v) is 4.51. The minimum absolute atomic E-state index is 0.173. The van der Waals surface area contributed by atoms with Gasteiger partial charge in [0.25, 0.3) is 0 Å². The van der Waals surface area contributed by atoms with Gasteiger partial charge in [0.2, 0.25) is 0 Å². The molecule has 96 valence electrons. The fourth-order valence-electron chi connectivity index (χ4n) is 2.00. The lowest BCUT2D eigenvalue weighted by Gasteiger charge is -2.12. The maximum atomic E-state index is 13.0. The molecule has 3 heteroatoms. The monoisotopic (exact) mass is 247 g/mol. The van der Waals surface area contributed by atoms with E-state index >= 15 is 0 Å². The molecule has 1 aromatic carbocycles. The smallest absolute Gasteiger partial charge is 0.123 e. The molecular weight excluding hydrogens is 229 g/mol. The zero-order chi connectivity index (χ0) is 13.0. The van der Waals surface area contributed by atoms with Gasteiger partial charge >= 0.3 is 0 Å². The highest BCUT2D eigenvalue weighted by molar-refractivity contribution is 5.26. The number of benzene rings is 1. The molecule has 1 aromatic heterocycles. The quantitative estimate of drug-likeness (QED) is 0.873. The molecule has 1 N–H and O–H groups in total. The van der Waals surface area contributed by atoms with E-state index in [4.69, 9.17) is 4.42 Å². The van der Waals surface area contributed by atoms with Crippen LogP contribution in [-0.4, -0.2) is 6.54 Å². The maximum absolute atomic E-state index is 13.0. The molecule has 0 fully saturated rings. The zero-order valence-electron chi connectivity index (χ0n) is 10.7. The van der Waals surface area contributed by atoms with Crippen molar-refractivity contribution in [1.82, 2.24) is 5.32 Å². The van der Waals surface area contributed by atoms with Gasteiger partial charge < -0.3 is 9.73 Å². The fourth-order valence-corrected chi connectivity index (χ4v) is 2.00. The van der Waals surface area contributed by atoms with Crippen LogP contribution in [0, 0.1) is 12.7 Å². The third-order valence-corrected chi connectivity index (χ3v) is 3.12. The van der Waals surface area contributed by atoms with E-state index in [9.17, 15) is 4.39 Å². The predicted octanol–water partition coefficient (Wildman–Crippen LogP) is 3.62. The summed E-state index contributed by atoms with van der Waals surface area (Å²) < 4.78 is 18.3. The fraction of sp³-hybridized carbons (Fsp3) is 0.333. The average molecular weight is 247 g/mol. The first-order valence-electron chi connectivity index (χ1n) is 6.18. The minimum Gasteiger partial charge on any atom is -0.468 e. The molecule has 0 aliphatic rings. The van der Waals surface area contributed by atoms with Crippen molar-refractivity contribution in [2.24, 2.45) is 0 Å². The lowest BCUT2D eigenvalue weighted by atomic mass is 10.1. The molecule has 0 bridgehead atoms. The van der Waals surface area contributed by atoms with Crippen molar-refractivity contribution in [3.8, 4) is 0 Å². The normalized spacial score (nSPS) is 12.6. The number of halogens is 1. The van der Waals surface area contributed by atoms with Crippen molar-refractivity contribution in [2.45, 2.75) is 26.3 Å². The number of nitrogens with one attached hydrogen (secondary N) is 1. The molecule has 1 unspecified atom stereocenters. The number of aryl methyl sites for hydroxylation is 1. The first kappa shape index (κ1) is 12.8. The van der Waals surface area contributed by atoms with Gasteiger partial charge in [-0.2, -0.15) is 0 Å². The SMILES string of the molecule is Cc1cc(F)ccc1CCNC(C)c1ccco1. The Labute approximate surface area is 107 Å². The summed E-state index contributed by atoms with van der Waals surface area (Å²) >= 11 is 0. The molecular formula is C15H18FNO. The Balaban J connectivity index is 1.85. The van der Waals surface area contributed by atoms with E-state index in [1.807, 2.05) is 25.1 Å². The Bertz CT molecular complexity index is 493. The molecule has 1 heterocycles. The molecule has 2 rings (SSSR count). The van der Waals surface area contributed by atoms with Gasteiger partial charge in [0.1, 0.15) is 11.6 Å². The highest BCUT2D eigenvalue weighted by Gasteiger charge is 2.07. The van der Waals surface area contributed by atoms with Crippen molar-refractivity contribution in [3.63, 3.8) is 0 Å². The number of hydrogen-bond acceptors (Lipinski definition) is 2. The average Bonchev–Trinajstić information content (AvgIpc) is 2.85.